The molecule has 0 atom stereocenters. The molecule has 5 heteroatoms. The van der Waals surface area contributed by atoms with Crippen molar-refractivity contribution >= 4 is 79.2 Å². The fraction of sp³-hybridized carbons (Fsp3) is 0. The molecule has 53 heavy (non-hydrogen) atoms. The third-order valence-electron chi connectivity index (χ3n) is 11.2. The Bertz CT molecular complexity index is 2700. The summed E-state index contributed by atoms with van der Waals surface area (Å²) in [5.74, 6) is 1.99. The topological polar surface area (TPSA) is 14.2 Å². The van der Waals surface area contributed by atoms with Gasteiger partial charge in [0.15, 0.2) is 8.07 Å². The second-order valence-electron chi connectivity index (χ2n) is 14.0. The number of nitrogens with zero attached hydrogens (tertiary/aromatic N) is 1. The molecular formula is C48H32BNOSSi. The molecule has 0 bridgehead atoms. The van der Waals surface area contributed by atoms with E-state index in [-0.39, 0.29) is 5.99 Å². The lowest BCUT2D eigenvalue weighted by Crippen LogP contribution is -2.75. The maximum atomic E-state index is 7.24. The van der Waals surface area contributed by atoms with Gasteiger partial charge in [-0.2, -0.15) is 11.6 Å². The number of fused-ring (bicyclic) bond motifs is 7. The van der Waals surface area contributed by atoms with Gasteiger partial charge in [0.1, 0.15) is 11.5 Å². The normalized spacial score (nSPS) is 12.9. The van der Waals surface area contributed by atoms with E-state index in [1.807, 2.05) is 11.6 Å². The van der Waals surface area contributed by atoms with E-state index in [0.29, 0.717) is 0 Å². The summed E-state index contributed by atoms with van der Waals surface area (Å²) in [6.07, 6.45) is 0. The minimum absolute atomic E-state index is 0.112. The summed E-state index contributed by atoms with van der Waals surface area (Å²) < 4.78 is 9.62. The summed E-state index contributed by atoms with van der Waals surface area (Å²) >= 11 is 1.94. The average Bonchev–Trinajstić information content (AvgIpc) is 3.56. The molecule has 0 spiro atoms. The van der Waals surface area contributed by atoms with Crippen LogP contribution in [0.5, 0.6) is 11.5 Å². The zero-order chi connectivity index (χ0) is 34.9. The van der Waals surface area contributed by atoms with Crippen molar-refractivity contribution in [1.82, 2.24) is 4.57 Å². The molecular weight excluding hydrogens is 677 g/mol. The molecule has 11 rings (SSSR count). The Kier molecular flexibility index (Phi) is 6.94. The summed E-state index contributed by atoms with van der Waals surface area (Å²) in [5, 5.41) is 7.88. The van der Waals surface area contributed by atoms with Gasteiger partial charge in [-0.25, -0.2) is 0 Å². The highest BCUT2D eigenvalue weighted by atomic mass is 32.2. The highest BCUT2D eigenvalue weighted by Gasteiger charge is 2.45. The Morgan fingerprint density at radius 1 is 0.453 bits per heavy atom. The van der Waals surface area contributed by atoms with Crippen LogP contribution in [0.2, 0.25) is 0 Å². The molecule has 1 aromatic heterocycles. The monoisotopic (exact) mass is 709 g/mol. The van der Waals surface area contributed by atoms with Gasteiger partial charge < -0.3 is 9.30 Å². The van der Waals surface area contributed by atoms with Crippen LogP contribution in [-0.2, 0) is 0 Å². The average molecular weight is 710 g/mol. The van der Waals surface area contributed by atoms with Crippen LogP contribution in [0.3, 0.4) is 0 Å². The van der Waals surface area contributed by atoms with Gasteiger partial charge in [-0.05, 0) is 73.1 Å². The van der Waals surface area contributed by atoms with Crippen molar-refractivity contribution in [2.75, 3.05) is 0 Å². The second kappa shape index (κ2) is 12.0. The smallest absolute Gasteiger partial charge is 0.289 e. The van der Waals surface area contributed by atoms with Gasteiger partial charge in [-0.15, -0.1) is 0 Å². The molecule has 0 fully saturated rings. The van der Waals surface area contributed by atoms with Crippen LogP contribution in [0.4, 0.5) is 0 Å². The molecule has 0 N–H and O–H groups in total. The molecule has 2 nitrogen and oxygen atoms in total. The number of hydrogen-bond acceptors (Lipinski definition) is 2. The third-order valence-corrected chi connectivity index (χ3v) is 17.3. The van der Waals surface area contributed by atoms with Crippen LogP contribution in [-0.4, -0.2) is 18.6 Å². The van der Waals surface area contributed by atoms with Crippen molar-refractivity contribution < 1.29 is 4.74 Å². The van der Waals surface area contributed by atoms with Crippen molar-refractivity contribution in [3.05, 3.63) is 194 Å². The van der Waals surface area contributed by atoms with Crippen LogP contribution >= 0.6 is 11.6 Å². The minimum Gasteiger partial charge on any atom is -0.458 e. The van der Waals surface area contributed by atoms with E-state index in [9.17, 15) is 0 Å². The highest BCUT2D eigenvalue weighted by Crippen LogP contribution is 2.43. The van der Waals surface area contributed by atoms with Gasteiger partial charge in [-0.1, -0.05) is 158 Å². The SMILES string of the molecule is c1ccc([Si](c2ccccc2)(c2ccccc2)c2cc3c4c(c2)-c2ccccc2SB4c2ccc(-n4c5ccccc5c5ccccc54)cc2O3)cc1. The highest BCUT2D eigenvalue weighted by molar-refractivity contribution is 8.28. The van der Waals surface area contributed by atoms with Gasteiger partial charge in [-0.3, -0.25) is 0 Å². The molecule has 0 aliphatic carbocycles. The van der Waals surface area contributed by atoms with E-state index in [4.69, 9.17) is 4.74 Å². The van der Waals surface area contributed by atoms with Gasteiger partial charge >= 0.3 is 0 Å². The Hall–Kier alpha value is -6.01. The van der Waals surface area contributed by atoms with Gasteiger partial charge in [0.05, 0.1) is 11.0 Å². The van der Waals surface area contributed by atoms with Crippen molar-refractivity contribution in [3.8, 4) is 28.3 Å². The lowest BCUT2D eigenvalue weighted by atomic mass is 9.57. The van der Waals surface area contributed by atoms with Gasteiger partial charge in [0.25, 0.3) is 5.99 Å². The molecule has 0 saturated carbocycles. The van der Waals surface area contributed by atoms with Crippen molar-refractivity contribution in [1.29, 1.82) is 0 Å². The maximum Gasteiger partial charge on any atom is 0.289 e. The molecule has 0 unspecified atom stereocenters. The van der Waals surface area contributed by atoms with Crippen LogP contribution in [0.15, 0.2) is 199 Å². The van der Waals surface area contributed by atoms with E-state index in [0.717, 1.165) is 17.2 Å². The van der Waals surface area contributed by atoms with Crippen LogP contribution < -0.4 is 36.4 Å². The first kappa shape index (κ1) is 30.6. The van der Waals surface area contributed by atoms with E-state index in [1.54, 1.807) is 0 Å². The number of para-hydroxylation sites is 2. The molecule has 0 amide bonds. The first-order valence-corrected chi connectivity index (χ1v) is 21.1. The van der Waals surface area contributed by atoms with Crippen LogP contribution in [0, 0.1) is 0 Å². The second-order valence-corrected chi connectivity index (χ2v) is 18.9. The number of benzene rings is 8. The molecule has 8 aromatic carbocycles. The fourth-order valence-corrected chi connectivity index (χ4v) is 15.2. The predicted molar refractivity (Wildman–Crippen MR) is 227 cm³/mol. The Morgan fingerprint density at radius 3 is 1.62 bits per heavy atom. The van der Waals surface area contributed by atoms with E-state index in [2.05, 4.69) is 199 Å². The summed E-state index contributed by atoms with van der Waals surface area (Å²) in [7, 11) is -2.82. The minimum atomic E-state index is -2.82. The zero-order valence-corrected chi connectivity index (χ0v) is 30.6. The first-order chi connectivity index (χ1) is 26.3. The van der Waals surface area contributed by atoms with Crippen molar-refractivity contribution in [3.63, 3.8) is 0 Å². The molecule has 2 aliphatic heterocycles. The number of aromatic nitrogens is 1. The third kappa shape index (κ3) is 4.54. The molecule has 0 radical (unpaired) electrons. The Morgan fingerprint density at radius 2 is 1.00 bits per heavy atom. The van der Waals surface area contributed by atoms with E-state index in [1.165, 1.54) is 69.5 Å². The quantitative estimate of drug-likeness (QED) is 0.132. The first-order valence-electron chi connectivity index (χ1n) is 18.2. The summed E-state index contributed by atoms with van der Waals surface area (Å²) in [6, 6.07) is 71.6. The van der Waals surface area contributed by atoms with Gasteiger partial charge in [0.2, 0.25) is 0 Å². The number of rotatable bonds is 5. The summed E-state index contributed by atoms with van der Waals surface area (Å²) in [6.45, 7) is 0. The summed E-state index contributed by atoms with van der Waals surface area (Å²) in [5.41, 5.74) is 8.52. The molecule has 2 aliphatic rings. The van der Waals surface area contributed by atoms with Gasteiger partial charge in [0, 0.05) is 27.4 Å². The Balaban J connectivity index is 1.18. The van der Waals surface area contributed by atoms with Crippen molar-refractivity contribution in [2.45, 2.75) is 4.90 Å². The van der Waals surface area contributed by atoms with Crippen LogP contribution in [0.1, 0.15) is 0 Å². The lowest BCUT2D eigenvalue weighted by Gasteiger charge is -2.38. The van der Waals surface area contributed by atoms with E-state index >= 15 is 0 Å². The summed E-state index contributed by atoms with van der Waals surface area (Å²) in [4.78, 5) is 1.30. The predicted octanol–water partition coefficient (Wildman–Crippen LogP) is 8.15. The standard InChI is InChI=1S/C48H32BNOSSi/c1-4-16-34(17-5-1)53(35-18-6-2-7-19-35,36-20-8-3-9-21-36)37-31-41-40-24-12-15-27-47(40)52-49-42-29-28-33(30-45(42)51-46(32-37)48(41)49)50-43-25-13-10-22-38(43)39-23-11-14-26-44(39)50/h1-32H. The number of hydrogen-bond donors (Lipinski definition) is 0. The maximum absolute atomic E-state index is 7.24. The van der Waals surface area contributed by atoms with Crippen LogP contribution in [0.25, 0.3) is 38.6 Å². The zero-order valence-electron chi connectivity index (χ0n) is 28.8. The molecule has 0 saturated heterocycles. The molecule has 9 aromatic rings. The largest absolute Gasteiger partial charge is 0.458 e. The molecule has 3 heterocycles. The fourth-order valence-electron chi connectivity index (χ4n) is 8.97. The van der Waals surface area contributed by atoms with Crippen molar-refractivity contribution in [2.24, 2.45) is 0 Å². The Labute approximate surface area is 314 Å². The molecule has 248 valence electrons. The van der Waals surface area contributed by atoms with E-state index < -0.39 is 8.07 Å². The lowest BCUT2D eigenvalue weighted by molar-refractivity contribution is 0.488. The number of ether oxygens (including phenoxy) is 1.